The SMILES string of the molecule is COC(=O)c1ccc(C=O)c(C)c1F. The summed E-state index contributed by atoms with van der Waals surface area (Å²) in [4.78, 5) is 21.5. The second-order valence-corrected chi connectivity index (χ2v) is 2.75. The summed E-state index contributed by atoms with van der Waals surface area (Å²) < 4.78 is 17.8. The van der Waals surface area contributed by atoms with E-state index < -0.39 is 11.8 Å². The lowest BCUT2D eigenvalue weighted by Crippen LogP contribution is -2.07. The molecule has 0 aliphatic carbocycles. The fourth-order valence-electron chi connectivity index (χ4n) is 1.10. The average Bonchev–Trinajstić information content (AvgIpc) is 2.21. The maximum atomic E-state index is 13.4. The van der Waals surface area contributed by atoms with Crippen molar-refractivity contribution in [2.75, 3.05) is 7.11 Å². The Bertz CT molecular complexity index is 385. The summed E-state index contributed by atoms with van der Waals surface area (Å²) in [7, 11) is 1.17. The van der Waals surface area contributed by atoms with Gasteiger partial charge < -0.3 is 4.74 Å². The molecule has 0 saturated carbocycles. The number of carbonyl (C=O) groups is 2. The third-order valence-electron chi connectivity index (χ3n) is 1.96. The van der Waals surface area contributed by atoms with Gasteiger partial charge in [-0.05, 0) is 18.6 Å². The zero-order valence-electron chi connectivity index (χ0n) is 7.83. The minimum atomic E-state index is -0.747. The van der Waals surface area contributed by atoms with Gasteiger partial charge in [0.05, 0.1) is 12.7 Å². The molecule has 0 aromatic heterocycles. The van der Waals surface area contributed by atoms with Gasteiger partial charge in [-0.1, -0.05) is 6.07 Å². The first-order chi connectivity index (χ1) is 6.61. The van der Waals surface area contributed by atoms with Gasteiger partial charge in [-0.15, -0.1) is 0 Å². The number of methoxy groups -OCH3 is 1. The van der Waals surface area contributed by atoms with Gasteiger partial charge in [-0.25, -0.2) is 9.18 Å². The van der Waals surface area contributed by atoms with E-state index >= 15 is 0 Å². The van der Waals surface area contributed by atoms with Gasteiger partial charge in [0.25, 0.3) is 0 Å². The van der Waals surface area contributed by atoms with Crippen LogP contribution in [0.15, 0.2) is 12.1 Å². The average molecular weight is 196 g/mol. The lowest BCUT2D eigenvalue weighted by Gasteiger charge is -2.05. The maximum Gasteiger partial charge on any atom is 0.340 e. The number of benzene rings is 1. The Balaban J connectivity index is 3.30. The quantitative estimate of drug-likeness (QED) is 0.534. The summed E-state index contributed by atoms with van der Waals surface area (Å²) in [6, 6.07) is 2.62. The van der Waals surface area contributed by atoms with Crippen LogP contribution in [0.4, 0.5) is 4.39 Å². The molecule has 0 spiro atoms. The highest BCUT2D eigenvalue weighted by Crippen LogP contribution is 2.16. The molecule has 74 valence electrons. The molecule has 1 aromatic carbocycles. The van der Waals surface area contributed by atoms with Crippen molar-refractivity contribution in [3.05, 3.63) is 34.6 Å². The van der Waals surface area contributed by atoms with Crippen molar-refractivity contribution in [3.63, 3.8) is 0 Å². The number of esters is 1. The molecular weight excluding hydrogens is 187 g/mol. The lowest BCUT2D eigenvalue weighted by molar-refractivity contribution is 0.0595. The fourth-order valence-corrected chi connectivity index (χ4v) is 1.10. The molecule has 0 aliphatic heterocycles. The summed E-state index contributed by atoms with van der Waals surface area (Å²) in [6.45, 7) is 1.44. The van der Waals surface area contributed by atoms with Gasteiger partial charge in [0.15, 0.2) is 0 Å². The number of hydrogen-bond donors (Lipinski definition) is 0. The topological polar surface area (TPSA) is 43.4 Å². The van der Waals surface area contributed by atoms with Crippen molar-refractivity contribution in [2.24, 2.45) is 0 Å². The molecule has 0 fully saturated rings. The normalized spacial score (nSPS) is 9.64. The van der Waals surface area contributed by atoms with E-state index in [2.05, 4.69) is 4.74 Å². The summed E-state index contributed by atoms with van der Waals surface area (Å²) in [5.41, 5.74) is 0.230. The van der Waals surface area contributed by atoms with E-state index in [1.54, 1.807) is 0 Å². The van der Waals surface area contributed by atoms with E-state index in [4.69, 9.17) is 0 Å². The number of aldehydes is 1. The van der Waals surface area contributed by atoms with Crippen LogP contribution in [0.2, 0.25) is 0 Å². The Morgan fingerprint density at radius 1 is 1.50 bits per heavy atom. The molecule has 1 rings (SSSR count). The van der Waals surface area contributed by atoms with Crippen molar-refractivity contribution in [1.29, 1.82) is 0 Å². The van der Waals surface area contributed by atoms with E-state index in [0.717, 1.165) is 0 Å². The fraction of sp³-hybridized carbons (Fsp3) is 0.200. The van der Waals surface area contributed by atoms with E-state index in [-0.39, 0.29) is 16.7 Å². The molecule has 0 N–H and O–H groups in total. The van der Waals surface area contributed by atoms with E-state index in [1.807, 2.05) is 0 Å². The number of rotatable bonds is 2. The van der Waals surface area contributed by atoms with Gasteiger partial charge >= 0.3 is 5.97 Å². The molecule has 0 saturated heterocycles. The Morgan fingerprint density at radius 2 is 2.14 bits per heavy atom. The highest BCUT2D eigenvalue weighted by atomic mass is 19.1. The summed E-state index contributed by atoms with van der Waals surface area (Å²) in [5, 5.41) is 0. The molecule has 0 radical (unpaired) electrons. The summed E-state index contributed by atoms with van der Waals surface area (Å²) in [6.07, 6.45) is 0.541. The molecule has 0 bridgehead atoms. The van der Waals surface area contributed by atoms with Crippen LogP contribution < -0.4 is 0 Å². The van der Waals surface area contributed by atoms with Gasteiger partial charge in [0, 0.05) is 5.56 Å². The maximum absolute atomic E-state index is 13.4. The predicted molar refractivity (Wildman–Crippen MR) is 47.9 cm³/mol. The van der Waals surface area contributed by atoms with Crippen LogP contribution in [-0.4, -0.2) is 19.4 Å². The predicted octanol–water partition coefficient (Wildman–Crippen LogP) is 1.73. The van der Waals surface area contributed by atoms with Crippen LogP contribution in [0.3, 0.4) is 0 Å². The van der Waals surface area contributed by atoms with E-state index in [0.29, 0.717) is 6.29 Å². The van der Waals surface area contributed by atoms with E-state index in [1.165, 1.54) is 26.2 Å². The van der Waals surface area contributed by atoms with Crippen LogP contribution in [0, 0.1) is 12.7 Å². The molecule has 0 heterocycles. The summed E-state index contributed by atoms with van der Waals surface area (Å²) >= 11 is 0. The number of carbonyl (C=O) groups excluding carboxylic acids is 2. The van der Waals surface area contributed by atoms with Crippen molar-refractivity contribution >= 4 is 12.3 Å². The Kier molecular flexibility index (Phi) is 2.96. The number of ether oxygens (including phenoxy) is 1. The largest absolute Gasteiger partial charge is 0.465 e. The minimum absolute atomic E-state index is 0.155. The third-order valence-corrected chi connectivity index (χ3v) is 1.96. The molecule has 0 atom stereocenters. The molecule has 0 aliphatic rings. The molecule has 14 heavy (non-hydrogen) atoms. The van der Waals surface area contributed by atoms with Crippen LogP contribution >= 0.6 is 0 Å². The number of halogens is 1. The standard InChI is InChI=1S/C10H9FO3/c1-6-7(5-12)3-4-8(9(6)11)10(13)14-2/h3-5H,1-2H3. The molecule has 0 unspecified atom stereocenters. The lowest BCUT2D eigenvalue weighted by atomic mass is 10.1. The van der Waals surface area contributed by atoms with Crippen LogP contribution in [0.1, 0.15) is 26.3 Å². The van der Waals surface area contributed by atoms with Gasteiger partial charge in [-0.2, -0.15) is 0 Å². The first-order valence-corrected chi connectivity index (χ1v) is 3.94. The number of hydrogen-bond acceptors (Lipinski definition) is 3. The molecule has 4 heteroatoms. The van der Waals surface area contributed by atoms with Gasteiger partial charge in [0.1, 0.15) is 12.1 Å². The smallest absolute Gasteiger partial charge is 0.340 e. The first kappa shape index (κ1) is 10.4. The summed E-state index contributed by atoms with van der Waals surface area (Å²) in [5.74, 6) is -1.45. The second kappa shape index (κ2) is 4.00. The Hall–Kier alpha value is -1.71. The van der Waals surface area contributed by atoms with Crippen LogP contribution in [0.25, 0.3) is 0 Å². The van der Waals surface area contributed by atoms with E-state index in [9.17, 15) is 14.0 Å². The van der Waals surface area contributed by atoms with Crippen molar-refractivity contribution in [3.8, 4) is 0 Å². The highest BCUT2D eigenvalue weighted by molar-refractivity contribution is 5.91. The van der Waals surface area contributed by atoms with Crippen molar-refractivity contribution in [2.45, 2.75) is 6.92 Å². The third kappa shape index (κ3) is 1.64. The van der Waals surface area contributed by atoms with Crippen molar-refractivity contribution in [1.82, 2.24) is 0 Å². The van der Waals surface area contributed by atoms with Gasteiger partial charge in [0.2, 0.25) is 0 Å². The van der Waals surface area contributed by atoms with Crippen LogP contribution in [-0.2, 0) is 4.74 Å². The minimum Gasteiger partial charge on any atom is -0.465 e. The highest BCUT2D eigenvalue weighted by Gasteiger charge is 2.15. The molecule has 0 amide bonds. The molecule has 3 nitrogen and oxygen atoms in total. The Labute approximate surface area is 80.5 Å². The molecule has 1 aromatic rings. The monoisotopic (exact) mass is 196 g/mol. The van der Waals surface area contributed by atoms with Gasteiger partial charge in [-0.3, -0.25) is 4.79 Å². The van der Waals surface area contributed by atoms with Crippen LogP contribution in [0.5, 0.6) is 0 Å². The zero-order valence-corrected chi connectivity index (χ0v) is 7.83. The van der Waals surface area contributed by atoms with Crippen molar-refractivity contribution < 1.29 is 18.7 Å². The zero-order chi connectivity index (χ0) is 10.7. The first-order valence-electron chi connectivity index (χ1n) is 3.94. The second-order valence-electron chi connectivity index (χ2n) is 2.75. The molecular formula is C10H9FO3. The Morgan fingerprint density at radius 3 is 2.64 bits per heavy atom.